The SMILES string of the molecule is C[C@]1(CCOc2ccc(F)cc2)COC(N)=N1. The number of hydrogen-bond donors (Lipinski definition) is 1. The van der Waals surface area contributed by atoms with Crippen LogP contribution in [-0.2, 0) is 4.74 Å². The fraction of sp³-hybridized carbons (Fsp3) is 0.417. The van der Waals surface area contributed by atoms with E-state index in [0.717, 1.165) is 0 Å². The van der Waals surface area contributed by atoms with Gasteiger partial charge < -0.3 is 15.2 Å². The van der Waals surface area contributed by atoms with Crippen LogP contribution in [0.3, 0.4) is 0 Å². The van der Waals surface area contributed by atoms with Gasteiger partial charge in [-0.15, -0.1) is 0 Å². The number of nitrogens with two attached hydrogens (primary N) is 1. The highest BCUT2D eigenvalue weighted by Gasteiger charge is 2.30. The molecule has 17 heavy (non-hydrogen) atoms. The first-order valence-electron chi connectivity index (χ1n) is 5.44. The minimum absolute atomic E-state index is 0.231. The molecule has 92 valence electrons. The molecule has 1 aromatic carbocycles. The van der Waals surface area contributed by atoms with Crippen LogP contribution < -0.4 is 10.5 Å². The van der Waals surface area contributed by atoms with E-state index < -0.39 is 0 Å². The Kier molecular flexibility index (Phi) is 3.17. The molecule has 0 radical (unpaired) electrons. The largest absolute Gasteiger partial charge is 0.494 e. The molecule has 1 aromatic rings. The van der Waals surface area contributed by atoms with Crippen molar-refractivity contribution in [2.45, 2.75) is 18.9 Å². The molecule has 1 aliphatic rings. The number of benzene rings is 1. The van der Waals surface area contributed by atoms with E-state index in [1.807, 2.05) is 6.92 Å². The second-order valence-electron chi connectivity index (χ2n) is 4.29. The molecular formula is C12H15FN2O2. The fourth-order valence-corrected chi connectivity index (χ4v) is 1.61. The summed E-state index contributed by atoms with van der Waals surface area (Å²) >= 11 is 0. The van der Waals surface area contributed by atoms with Crippen molar-refractivity contribution in [3.8, 4) is 5.75 Å². The van der Waals surface area contributed by atoms with Crippen molar-refractivity contribution in [3.63, 3.8) is 0 Å². The molecule has 0 bridgehead atoms. The predicted octanol–water partition coefficient (Wildman–Crippen LogP) is 1.70. The van der Waals surface area contributed by atoms with Crippen LogP contribution in [0.1, 0.15) is 13.3 Å². The molecule has 4 nitrogen and oxygen atoms in total. The molecule has 1 aliphatic heterocycles. The Morgan fingerprint density at radius 3 is 2.76 bits per heavy atom. The lowest BCUT2D eigenvalue weighted by atomic mass is 10.0. The van der Waals surface area contributed by atoms with Gasteiger partial charge in [0.15, 0.2) is 0 Å². The predicted molar refractivity (Wildman–Crippen MR) is 62.5 cm³/mol. The average molecular weight is 238 g/mol. The van der Waals surface area contributed by atoms with Crippen LogP contribution in [0, 0.1) is 5.82 Å². The first-order valence-corrected chi connectivity index (χ1v) is 5.44. The van der Waals surface area contributed by atoms with Gasteiger partial charge in [-0.2, -0.15) is 0 Å². The third-order valence-electron chi connectivity index (χ3n) is 2.63. The monoisotopic (exact) mass is 238 g/mol. The molecule has 0 fully saturated rings. The molecule has 2 rings (SSSR count). The molecule has 0 spiro atoms. The van der Waals surface area contributed by atoms with Crippen LogP contribution >= 0.6 is 0 Å². The zero-order chi connectivity index (χ0) is 12.3. The van der Waals surface area contributed by atoms with E-state index in [-0.39, 0.29) is 17.4 Å². The van der Waals surface area contributed by atoms with E-state index in [1.165, 1.54) is 12.1 Å². The number of rotatable bonds is 4. The first kappa shape index (κ1) is 11.7. The van der Waals surface area contributed by atoms with Crippen LogP contribution in [0.4, 0.5) is 4.39 Å². The van der Waals surface area contributed by atoms with Crippen LogP contribution in [0.15, 0.2) is 29.3 Å². The molecule has 0 saturated carbocycles. The molecule has 0 aromatic heterocycles. The summed E-state index contributed by atoms with van der Waals surface area (Å²) < 4.78 is 23.3. The van der Waals surface area contributed by atoms with Crippen molar-refractivity contribution >= 4 is 6.02 Å². The van der Waals surface area contributed by atoms with Crippen LogP contribution in [-0.4, -0.2) is 24.8 Å². The van der Waals surface area contributed by atoms with Gasteiger partial charge in [-0.1, -0.05) is 0 Å². The standard InChI is InChI=1S/C12H15FN2O2/c1-12(8-17-11(14)15-12)6-7-16-10-4-2-9(13)3-5-10/h2-5H,6-8H2,1H3,(H2,14,15)/t12-/m0/s1. The Hall–Kier alpha value is -1.78. The Balaban J connectivity index is 1.82. The molecule has 0 unspecified atom stereocenters. The summed E-state index contributed by atoms with van der Waals surface area (Å²) in [6.45, 7) is 2.93. The van der Waals surface area contributed by atoms with Crippen molar-refractivity contribution in [1.82, 2.24) is 0 Å². The third kappa shape index (κ3) is 3.09. The third-order valence-corrected chi connectivity index (χ3v) is 2.63. The first-order chi connectivity index (χ1) is 8.07. The number of ether oxygens (including phenoxy) is 2. The smallest absolute Gasteiger partial charge is 0.282 e. The highest BCUT2D eigenvalue weighted by Crippen LogP contribution is 2.21. The number of aliphatic imine (C=N–C) groups is 1. The summed E-state index contributed by atoms with van der Waals surface area (Å²) in [6, 6.07) is 6.16. The lowest BCUT2D eigenvalue weighted by Crippen LogP contribution is -2.26. The summed E-state index contributed by atoms with van der Waals surface area (Å²) in [5.41, 5.74) is 5.14. The highest BCUT2D eigenvalue weighted by atomic mass is 19.1. The number of amidine groups is 1. The van der Waals surface area contributed by atoms with Crippen LogP contribution in [0.5, 0.6) is 5.75 Å². The molecule has 2 N–H and O–H groups in total. The lowest BCUT2D eigenvalue weighted by molar-refractivity contribution is 0.216. The van der Waals surface area contributed by atoms with Crippen molar-refractivity contribution in [2.75, 3.05) is 13.2 Å². The Labute approximate surface area is 99.2 Å². The Morgan fingerprint density at radius 1 is 1.47 bits per heavy atom. The highest BCUT2D eigenvalue weighted by molar-refractivity contribution is 5.73. The van der Waals surface area contributed by atoms with Gasteiger partial charge in [0.25, 0.3) is 6.02 Å². The zero-order valence-electron chi connectivity index (χ0n) is 9.65. The lowest BCUT2D eigenvalue weighted by Gasteiger charge is -2.17. The van der Waals surface area contributed by atoms with Crippen LogP contribution in [0.2, 0.25) is 0 Å². The molecule has 1 heterocycles. The maximum absolute atomic E-state index is 12.7. The zero-order valence-corrected chi connectivity index (χ0v) is 9.65. The molecule has 0 saturated heterocycles. The van der Waals surface area contributed by atoms with Gasteiger partial charge in [-0.25, -0.2) is 9.38 Å². The normalized spacial score (nSPS) is 23.1. The minimum atomic E-state index is -0.315. The fourth-order valence-electron chi connectivity index (χ4n) is 1.61. The van der Waals surface area contributed by atoms with Gasteiger partial charge in [0.05, 0.1) is 6.61 Å². The van der Waals surface area contributed by atoms with Gasteiger partial charge in [0.2, 0.25) is 0 Å². The summed E-state index contributed by atoms with van der Waals surface area (Å²) in [6.07, 6.45) is 0.699. The van der Waals surface area contributed by atoms with Crippen LogP contribution in [0.25, 0.3) is 0 Å². The van der Waals surface area contributed by atoms with E-state index in [9.17, 15) is 4.39 Å². The van der Waals surface area contributed by atoms with Crippen molar-refractivity contribution in [1.29, 1.82) is 0 Å². The van der Waals surface area contributed by atoms with Crippen molar-refractivity contribution in [2.24, 2.45) is 10.7 Å². The summed E-state index contributed by atoms with van der Waals surface area (Å²) in [5.74, 6) is 0.372. The summed E-state index contributed by atoms with van der Waals surface area (Å²) in [4.78, 5) is 4.20. The van der Waals surface area contributed by atoms with Gasteiger partial charge >= 0.3 is 0 Å². The molecule has 0 aliphatic carbocycles. The van der Waals surface area contributed by atoms with Crippen molar-refractivity contribution < 1.29 is 13.9 Å². The molecule has 5 heteroatoms. The van der Waals surface area contributed by atoms with Gasteiger partial charge in [-0.3, -0.25) is 0 Å². The number of halogens is 1. The molecule has 0 amide bonds. The minimum Gasteiger partial charge on any atom is -0.494 e. The maximum Gasteiger partial charge on any atom is 0.282 e. The number of hydrogen-bond acceptors (Lipinski definition) is 4. The Bertz CT molecular complexity index is 419. The van der Waals surface area contributed by atoms with E-state index in [2.05, 4.69) is 4.99 Å². The maximum atomic E-state index is 12.7. The van der Waals surface area contributed by atoms with E-state index in [4.69, 9.17) is 15.2 Å². The Morgan fingerprint density at radius 2 is 2.18 bits per heavy atom. The van der Waals surface area contributed by atoms with E-state index >= 15 is 0 Å². The van der Waals surface area contributed by atoms with Crippen molar-refractivity contribution in [3.05, 3.63) is 30.1 Å². The second kappa shape index (κ2) is 4.61. The number of nitrogens with zero attached hydrogens (tertiary/aromatic N) is 1. The summed E-state index contributed by atoms with van der Waals surface area (Å²) in [5, 5.41) is 0. The van der Waals surface area contributed by atoms with E-state index in [0.29, 0.717) is 25.4 Å². The van der Waals surface area contributed by atoms with E-state index in [1.54, 1.807) is 12.1 Å². The average Bonchev–Trinajstić information content (AvgIpc) is 2.62. The second-order valence-corrected chi connectivity index (χ2v) is 4.29. The topological polar surface area (TPSA) is 56.8 Å². The van der Waals surface area contributed by atoms with Gasteiger partial charge in [0.1, 0.15) is 23.7 Å². The molecular weight excluding hydrogens is 223 g/mol. The van der Waals surface area contributed by atoms with Gasteiger partial charge in [-0.05, 0) is 31.2 Å². The summed E-state index contributed by atoms with van der Waals surface area (Å²) in [7, 11) is 0. The van der Waals surface area contributed by atoms with Gasteiger partial charge in [0, 0.05) is 6.42 Å². The molecule has 1 atom stereocenters. The quantitative estimate of drug-likeness (QED) is 0.868.